The van der Waals surface area contributed by atoms with Gasteiger partial charge in [-0.1, -0.05) is 12.1 Å². The Balaban J connectivity index is 2.28. The largest absolute Gasteiger partial charge is 0.495 e. The number of ether oxygens (including phenoxy) is 2. The van der Waals surface area contributed by atoms with Gasteiger partial charge in [-0.3, -0.25) is 0 Å². The second-order valence-electron chi connectivity index (χ2n) is 4.85. The summed E-state index contributed by atoms with van der Waals surface area (Å²) in [6.45, 7) is 2.33. The number of hydrogen-bond donors (Lipinski definition) is 2. The average molecular weight is 265 g/mol. The molecule has 0 aliphatic carbocycles. The van der Waals surface area contributed by atoms with Gasteiger partial charge in [-0.05, 0) is 19.1 Å². The van der Waals surface area contributed by atoms with Gasteiger partial charge in [-0.2, -0.15) is 0 Å². The standard InChI is InChI=1S/C14H19NO4/c1-10-9-14(13(16)17,7-8-19-10)15-11-5-3-4-6-12(11)18-2/h3-6,10,15H,7-9H2,1-2H3,(H,16,17). The van der Waals surface area contributed by atoms with Gasteiger partial charge in [0, 0.05) is 19.4 Å². The van der Waals surface area contributed by atoms with Crippen LogP contribution in [0.5, 0.6) is 5.75 Å². The maximum Gasteiger partial charge on any atom is 0.329 e. The fraction of sp³-hybridized carbons (Fsp3) is 0.500. The SMILES string of the molecule is COc1ccccc1NC1(C(=O)O)CCOC(C)C1. The maximum atomic E-state index is 11.7. The fourth-order valence-corrected chi connectivity index (χ4v) is 2.45. The molecule has 2 atom stereocenters. The predicted molar refractivity (Wildman–Crippen MR) is 71.6 cm³/mol. The predicted octanol–water partition coefficient (Wildman–Crippen LogP) is 2.13. The van der Waals surface area contributed by atoms with Crippen LogP contribution in [0.25, 0.3) is 0 Å². The molecule has 1 aromatic rings. The van der Waals surface area contributed by atoms with Crippen LogP contribution in [0.1, 0.15) is 19.8 Å². The quantitative estimate of drug-likeness (QED) is 0.873. The number of carboxylic acids is 1. The van der Waals surface area contributed by atoms with Gasteiger partial charge >= 0.3 is 5.97 Å². The highest BCUT2D eigenvalue weighted by Crippen LogP contribution is 2.33. The number of para-hydroxylation sites is 2. The Hall–Kier alpha value is -1.75. The van der Waals surface area contributed by atoms with Crippen LogP contribution in [-0.2, 0) is 9.53 Å². The molecule has 0 radical (unpaired) electrons. The summed E-state index contributed by atoms with van der Waals surface area (Å²) in [5.41, 5.74) is -0.298. The smallest absolute Gasteiger partial charge is 0.329 e. The zero-order valence-electron chi connectivity index (χ0n) is 11.2. The molecule has 2 unspecified atom stereocenters. The maximum absolute atomic E-state index is 11.7. The number of methoxy groups -OCH3 is 1. The van der Waals surface area contributed by atoms with Crippen molar-refractivity contribution < 1.29 is 19.4 Å². The topological polar surface area (TPSA) is 67.8 Å². The number of aliphatic carboxylic acids is 1. The molecule has 1 aromatic carbocycles. The molecule has 0 aromatic heterocycles. The molecular formula is C14H19NO4. The third kappa shape index (κ3) is 2.81. The summed E-state index contributed by atoms with van der Waals surface area (Å²) in [7, 11) is 1.57. The molecule has 2 rings (SSSR count). The Bertz CT molecular complexity index is 463. The molecule has 1 fully saturated rings. The Morgan fingerprint density at radius 2 is 2.26 bits per heavy atom. The van der Waals surface area contributed by atoms with E-state index >= 15 is 0 Å². The van der Waals surface area contributed by atoms with Crippen molar-refractivity contribution in [3.8, 4) is 5.75 Å². The van der Waals surface area contributed by atoms with E-state index in [1.165, 1.54) is 0 Å². The summed E-state index contributed by atoms with van der Waals surface area (Å²) in [5, 5.41) is 12.7. The molecule has 0 amide bonds. The van der Waals surface area contributed by atoms with E-state index in [0.717, 1.165) is 0 Å². The molecule has 5 heteroatoms. The first kappa shape index (κ1) is 13.7. The molecule has 0 spiro atoms. The first-order chi connectivity index (χ1) is 9.07. The third-order valence-electron chi connectivity index (χ3n) is 3.46. The van der Waals surface area contributed by atoms with E-state index < -0.39 is 11.5 Å². The summed E-state index contributed by atoms with van der Waals surface area (Å²) in [6, 6.07) is 7.33. The van der Waals surface area contributed by atoms with Crippen LogP contribution >= 0.6 is 0 Å². The number of rotatable bonds is 4. The summed E-state index contributed by atoms with van der Waals surface area (Å²) >= 11 is 0. The lowest BCUT2D eigenvalue weighted by Gasteiger charge is -2.38. The van der Waals surface area contributed by atoms with Gasteiger partial charge in [0.1, 0.15) is 11.3 Å². The van der Waals surface area contributed by atoms with E-state index in [9.17, 15) is 9.90 Å². The van der Waals surface area contributed by atoms with Crippen LogP contribution in [0.15, 0.2) is 24.3 Å². The number of anilines is 1. The van der Waals surface area contributed by atoms with Crippen molar-refractivity contribution in [2.45, 2.75) is 31.4 Å². The highest BCUT2D eigenvalue weighted by Gasteiger charge is 2.43. The lowest BCUT2D eigenvalue weighted by atomic mass is 9.86. The van der Waals surface area contributed by atoms with Crippen LogP contribution in [0, 0.1) is 0 Å². The van der Waals surface area contributed by atoms with Gasteiger partial charge in [0.15, 0.2) is 0 Å². The number of benzene rings is 1. The van der Waals surface area contributed by atoms with E-state index in [-0.39, 0.29) is 6.10 Å². The van der Waals surface area contributed by atoms with Crippen molar-refractivity contribution >= 4 is 11.7 Å². The molecule has 104 valence electrons. The van der Waals surface area contributed by atoms with Crippen LogP contribution in [0.3, 0.4) is 0 Å². The summed E-state index contributed by atoms with van der Waals surface area (Å²) in [6.07, 6.45) is 0.789. The van der Waals surface area contributed by atoms with Crippen LogP contribution in [0.2, 0.25) is 0 Å². The molecule has 1 aliphatic rings. The molecule has 1 saturated heterocycles. The lowest BCUT2D eigenvalue weighted by molar-refractivity contribution is -0.147. The molecular weight excluding hydrogens is 246 g/mol. The number of carboxylic acid groups (broad SMARTS) is 1. The van der Waals surface area contributed by atoms with Crippen LogP contribution < -0.4 is 10.1 Å². The number of hydrogen-bond acceptors (Lipinski definition) is 4. The minimum Gasteiger partial charge on any atom is -0.495 e. The van der Waals surface area contributed by atoms with E-state index in [4.69, 9.17) is 9.47 Å². The van der Waals surface area contributed by atoms with Crippen molar-refractivity contribution in [2.75, 3.05) is 19.0 Å². The zero-order valence-corrected chi connectivity index (χ0v) is 11.2. The van der Waals surface area contributed by atoms with Crippen molar-refractivity contribution in [3.05, 3.63) is 24.3 Å². The highest BCUT2D eigenvalue weighted by molar-refractivity contribution is 5.83. The molecule has 19 heavy (non-hydrogen) atoms. The molecule has 5 nitrogen and oxygen atoms in total. The van der Waals surface area contributed by atoms with Gasteiger partial charge in [-0.15, -0.1) is 0 Å². The normalized spacial score (nSPS) is 26.7. The van der Waals surface area contributed by atoms with E-state index in [0.29, 0.717) is 30.9 Å². The number of nitrogens with one attached hydrogen (secondary N) is 1. The Morgan fingerprint density at radius 3 is 2.89 bits per heavy atom. The second-order valence-corrected chi connectivity index (χ2v) is 4.85. The summed E-state index contributed by atoms with van der Waals surface area (Å²) in [4.78, 5) is 11.7. The van der Waals surface area contributed by atoms with Crippen molar-refractivity contribution in [1.82, 2.24) is 0 Å². The van der Waals surface area contributed by atoms with Crippen molar-refractivity contribution in [1.29, 1.82) is 0 Å². The third-order valence-corrected chi connectivity index (χ3v) is 3.46. The Morgan fingerprint density at radius 1 is 1.53 bits per heavy atom. The van der Waals surface area contributed by atoms with Crippen molar-refractivity contribution in [3.63, 3.8) is 0 Å². The monoisotopic (exact) mass is 265 g/mol. The molecule has 0 bridgehead atoms. The van der Waals surface area contributed by atoms with Crippen molar-refractivity contribution in [2.24, 2.45) is 0 Å². The van der Waals surface area contributed by atoms with Gasteiger partial charge in [0.25, 0.3) is 0 Å². The van der Waals surface area contributed by atoms with Gasteiger partial charge < -0.3 is 19.9 Å². The van der Waals surface area contributed by atoms with E-state index in [2.05, 4.69) is 5.32 Å². The average Bonchev–Trinajstić information content (AvgIpc) is 2.39. The first-order valence-corrected chi connectivity index (χ1v) is 6.33. The molecule has 0 saturated carbocycles. The van der Waals surface area contributed by atoms with Gasteiger partial charge in [0.2, 0.25) is 0 Å². The van der Waals surface area contributed by atoms with Crippen LogP contribution in [0.4, 0.5) is 5.69 Å². The van der Waals surface area contributed by atoms with E-state index in [1.54, 1.807) is 13.2 Å². The molecule has 2 N–H and O–H groups in total. The lowest BCUT2D eigenvalue weighted by Crippen LogP contribution is -2.52. The fourth-order valence-electron chi connectivity index (χ4n) is 2.45. The Labute approximate surface area is 112 Å². The summed E-state index contributed by atoms with van der Waals surface area (Å²) in [5.74, 6) is -0.212. The summed E-state index contributed by atoms with van der Waals surface area (Å²) < 4.78 is 10.7. The minimum atomic E-state index is -0.994. The van der Waals surface area contributed by atoms with Crippen LogP contribution in [-0.4, -0.2) is 36.4 Å². The zero-order chi connectivity index (χ0) is 13.9. The Kier molecular flexibility index (Phi) is 3.95. The van der Waals surface area contributed by atoms with Gasteiger partial charge in [-0.25, -0.2) is 4.79 Å². The van der Waals surface area contributed by atoms with E-state index in [1.807, 2.05) is 25.1 Å². The number of carbonyl (C=O) groups is 1. The minimum absolute atomic E-state index is 0.0768. The molecule has 1 heterocycles. The first-order valence-electron chi connectivity index (χ1n) is 6.33. The second kappa shape index (κ2) is 5.48. The highest BCUT2D eigenvalue weighted by atomic mass is 16.5. The molecule has 1 aliphatic heterocycles. The van der Waals surface area contributed by atoms with Gasteiger partial charge in [0.05, 0.1) is 18.9 Å².